The van der Waals surface area contributed by atoms with Crippen molar-refractivity contribution in [1.82, 2.24) is 0 Å². The van der Waals surface area contributed by atoms with Gasteiger partial charge in [-0.25, -0.2) is 0 Å². The van der Waals surface area contributed by atoms with Gasteiger partial charge >= 0.3 is 0 Å². The monoisotopic (exact) mass is 166 g/mol. The highest BCUT2D eigenvalue weighted by Crippen LogP contribution is 2.21. The van der Waals surface area contributed by atoms with Gasteiger partial charge < -0.3 is 9.90 Å². The molecule has 1 N–H and O–H groups in total. The van der Waals surface area contributed by atoms with E-state index in [1.54, 1.807) is 12.2 Å². The highest BCUT2D eigenvalue weighted by atomic mass is 16.3. The SMILES string of the molecule is C[C@@H](C=O)CC1C=CC(O)=CC1. The van der Waals surface area contributed by atoms with Crippen molar-refractivity contribution in [3.8, 4) is 0 Å². The number of hydrogen-bond donors (Lipinski definition) is 1. The molecule has 1 rings (SSSR count). The Morgan fingerprint density at radius 2 is 2.58 bits per heavy atom. The molecule has 0 aliphatic heterocycles. The van der Waals surface area contributed by atoms with Crippen molar-refractivity contribution in [2.75, 3.05) is 0 Å². The molecule has 0 heterocycles. The number of rotatable bonds is 3. The summed E-state index contributed by atoms with van der Waals surface area (Å²) in [4.78, 5) is 10.4. The van der Waals surface area contributed by atoms with E-state index in [4.69, 9.17) is 5.11 Å². The Balaban J connectivity index is 2.38. The summed E-state index contributed by atoms with van der Waals surface area (Å²) in [6.45, 7) is 1.92. The molecule has 1 aliphatic carbocycles. The lowest BCUT2D eigenvalue weighted by Gasteiger charge is -2.15. The molecule has 0 fully saturated rings. The van der Waals surface area contributed by atoms with E-state index >= 15 is 0 Å². The molecule has 0 amide bonds. The van der Waals surface area contributed by atoms with Gasteiger partial charge in [0, 0.05) is 5.92 Å². The summed E-state index contributed by atoms with van der Waals surface area (Å²) in [5, 5.41) is 9.02. The van der Waals surface area contributed by atoms with Crippen LogP contribution in [-0.2, 0) is 4.79 Å². The minimum atomic E-state index is 0.119. The molecule has 0 bridgehead atoms. The van der Waals surface area contributed by atoms with E-state index in [1.165, 1.54) is 0 Å². The maximum absolute atomic E-state index is 10.4. The van der Waals surface area contributed by atoms with Gasteiger partial charge in [0.05, 0.1) is 0 Å². The van der Waals surface area contributed by atoms with E-state index in [9.17, 15) is 4.79 Å². The second-order valence-electron chi connectivity index (χ2n) is 3.33. The number of carbonyl (C=O) groups excluding carboxylic acids is 1. The van der Waals surface area contributed by atoms with Crippen LogP contribution in [0.3, 0.4) is 0 Å². The summed E-state index contributed by atoms with van der Waals surface area (Å²) in [6.07, 6.45) is 8.17. The van der Waals surface area contributed by atoms with Crippen molar-refractivity contribution in [1.29, 1.82) is 0 Å². The van der Waals surface area contributed by atoms with E-state index < -0.39 is 0 Å². The number of allylic oxidation sites excluding steroid dienone is 3. The molecule has 12 heavy (non-hydrogen) atoms. The molecule has 0 saturated carbocycles. The molecule has 0 aromatic carbocycles. The molecule has 66 valence electrons. The predicted octanol–water partition coefficient (Wildman–Crippen LogP) is 2.23. The van der Waals surface area contributed by atoms with Crippen LogP contribution in [-0.4, -0.2) is 11.4 Å². The standard InChI is InChI=1S/C10H14O2/c1-8(7-11)6-9-2-4-10(12)5-3-9/h2,4-5,7-9,12H,3,6H2,1H3/t8-,9?/m1/s1. The Hall–Kier alpha value is -1.05. The molecule has 2 nitrogen and oxygen atoms in total. The van der Waals surface area contributed by atoms with Gasteiger partial charge in [0.15, 0.2) is 0 Å². The third-order valence-electron chi connectivity index (χ3n) is 2.08. The van der Waals surface area contributed by atoms with Gasteiger partial charge in [-0.1, -0.05) is 13.0 Å². The normalized spacial score (nSPS) is 24.8. The van der Waals surface area contributed by atoms with E-state index in [2.05, 4.69) is 0 Å². The van der Waals surface area contributed by atoms with Gasteiger partial charge in [-0.3, -0.25) is 0 Å². The molecule has 0 aromatic heterocycles. The zero-order valence-corrected chi connectivity index (χ0v) is 7.23. The topological polar surface area (TPSA) is 37.3 Å². The van der Waals surface area contributed by atoms with Crippen molar-refractivity contribution < 1.29 is 9.90 Å². The van der Waals surface area contributed by atoms with Gasteiger partial charge in [-0.2, -0.15) is 0 Å². The average molecular weight is 166 g/mol. The zero-order chi connectivity index (χ0) is 8.97. The molecule has 1 aliphatic rings. The molecule has 0 spiro atoms. The quantitative estimate of drug-likeness (QED) is 0.653. The molecule has 0 saturated heterocycles. The summed E-state index contributed by atoms with van der Waals surface area (Å²) < 4.78 is 0. The Labute approximate surface area is 72.6 Å². The lowest BCUT2D eigenvalue weighted by atomic mass is 9.91. The van der Waals surface area contributed by atoms with Crippen LogP contribution in [0.15, 0.2) is 24.0 Å². The number of aldehydes is 1. The Morgan fingerprint density at radius 1 is 1.83 bits per heavy atom. The van der Waals surface area contributed by atoms with Crippen LogP contribution in [0.4, 0.5) is 0 Å². The molecule has 1 unspecified atom stereocenters. The van der Waals surface area contributed by atoms with Crippen LogP contribution in [0.1, 0.15) is 19.8 Å². The molecule has 2 heteroatoms. The van der Waals surface area contributed by atoms with Crippen LogP contribution < -0.4 is 0 Å². The first-order chi connectivity index (χ1) is 5.72. The van der Waals surface area contributed by atoms with Gasteiger partial charge in [-0.05, 0) is 30.9 Å². The van der Waals surface area contributed by atoms with Crippen molar-refractivity contribution in [3.05, 3.63) is 24.0 Å². The van der Waals surface area contributed by atoms with Crippen LogP contribution in [0.2, 0.25) is 0 Å². The van der Waals surface area contributed by atoms with Crippen molar-refractivity contribution in [2.45, 2.75) is 19.8 Å². The fourth-order valence-electron chi connectivity index (χ4n) is 1.36. The highest BCUT2D eigenvalue weighted by molar-refractivity contribution is 5.52. The van der Waals surface area contributed by atoms with Gasteiger partial charge in [0.2, 0.25) is 0 Å². The van der Waals surface area contributed by atoms with Crippen LogP contribution in [0, 0.1) is 11.8 Å². The van der Waals surface area contributed by atoms with E-state index in [0.717, 1.165) is 19.1 Å². The van der Waals surface area contributed by atoms with Gasteiger partial charge in [0.25, 0.3) is 0 Å². The number of aliphatic hydroxyl groups excluding tert-OH is 1. The van der Waals surface area contributed by atoms with Crippen molar-refractivity contribution >= 4 is 6.29 Å². The number of carbonyl (C=O) groups is 1. The van der Waals surface area contributed by atoms with Gasteiger partial charge in [0.1, 0.15) is 12.0 Å². The lowest BCUT2D eigenvalue weighted by Crippen LogP contribution is -2.06. The zero-order valence-electron chi connectivity index (χ0n) is 7.23. The highest BCUT2D eigenvalue weighted by Gasteiger charge is 2.11. The molecular weight excluding hydrogens is 152 g/mol. The van der Waals surface area contributed by atoms with E-state index in [0.29, 0.717) is 11.7 Å². The van der Waals surface area contributed by atoms with Crippen LogP contribution in [0.5, 0.6) is 0 Å². The van der Waals surface area contributed by atoms with Crippen LogP contribution >= 0.6 is 0 Å². The molecular formula is C10H14O2. The van der Waals surface area contributed by atoms with Crippen molar-refractivity contribution in [2.24, 2.45) is 11.8 Å². The van der Waals surface area contributed by atoms with Gasteiger partial charge in [-0.15, -0.1) is 0 Å². The van der Waals surface area contributed by atoms with Crippen LogP contribution in [0.25, 0.3) is 0 Å². The van der Waals surface area contributed by atoms with Crippen molar-refractivity contribution in [3.63, 3.8) is 0 Å². The fourth-order valence-corrected chi connectivity index (χ4v) is 1.36. The second-order valence-corrected chi connectivity index (χ2v) is 3.33. The summed E-state index contributed by atoms with van der Waals surface area (Å²) >= 11 is 0. The largest absolute Gasteiger partial charge is 0.508 e. The molecule has 0 aromatic rings. The fraction of sp³-hybridized carbons (Fsp3) is 0.500. The second kappa shape index (κ2) is 4.10. The van der Waals surface area contributed by atoms with E-state index in [1.807, 2.05) is 13.0 Å². The first-order valence-corrected chi connectivity index (χ1v) is 4.25. The minimum absolute atomic E-state index is 0.119. The Kier molecular flexibility index (Phi) is 3.09. The first-order valence-electron chi connectivity index (χ1n) is 4.25. The molecule has 0 radical (unpaired) electrons. The average Bonchev–Trinajstić information content (AvgIpc) is 2.09. The predicted molar refractivity (Wildman–Crippen MR) is 47.8 cm³/mol. The third-order valence-corrected chi connectivity index (χ3v) is 2.08. The molecule has 2 atom stereocenters. The summed E-state index contributed by atoms with van der Waals surface area (Å²) in [6, 6.07) is 0. The summed E-state index contributed by atoms with van der Waals surface area (Å²) in [5.74, 6) is 0.874. The smallest absolute Gasteiger partial charge is 0.122 e. The van der Waals surface area contributed by atoms with E-state index in [-0.39, 0.29) is 5.92 Å². The summed E-state index contributed by atoms with van der Waals surface area (Å²) in [7, 11) is 0. The Morgan fingerprint density at radius 3 is 3.08 bits per heavy atom. The third kappa shape index (κ3) is 2.53. The first kappa shape index (κ1) is 9.04. The summed E-state index contributed by atoms with van der Waals surface area (Å²) in [5.41, 5.74) is 0. The maximum atomic E-state index is 10.4. The lowest BCUT2D eigenvalue weighted by molar-refractivity contribution is -0.111. The minimum Gasteiger partial charge on any atom is -0.508 e. The Bertz CT molecular complexity index is 216. The number of hydrogen-bond acceptors (Lipinski definition) is 2. The number of aliphatic hydroxyl groups is 1. The maximum Gasteiger partial charge on any atom is 0.122 e.